The first-order chi connectivity index (χ1) is 11.8. The van der Waals surface area contributed by atoms with Crippen LogP contribution in [0.2, 0.25) is 0 Å². The Hall–Kier alpha value is -2.82. The second-order valence-electron chi connectivity index (χ2n) is 4.98. The van der Waals surface area contributed by atoms with Gasteiger partial charge in [0.15, 0.2) is 0 Å². The number of hydrogen-bond donors (Lipinski definition) is 0. The topological polar surface area (TPSA) is 42.2 Å². The van der Waals surface area contributed by atoms with Crippen LogP contribution in [-0.2, 0) is 12.8 Å². The number of alkyl halides is 5. The van der Waals surface area contributed by atoms with E-state index in [4.69, 9.17) is 14.7 Å². The Morgan fingerprint density at radius 3 is 2.36 bits per heavy atom. The molecule has 0 saturated heterocycles. The fourth-order valence-electron chi connectivity index (χ4n) is 2.12. The van der Waals surface area contributed by atoms with E-state index < -0.39 is 29.5 Å². The predicted molar refractivity (Wildman–Crippen MR) is 78.4 cm³/mol. The molecule has 25 heavy (non-hydrogen) atoms. The second kappa shape index (κ2) is 7.38. The largest absolute Gasteiger partial charge is 0.496 e. The molecule has 0 fully saturated rings. The zero-order valence-electron chi connectivity index (χ0n) is 12.9. The minimum atomic E-state index is -4.84. The van der Waals surface area contributed by atoms with Crippen LogP contribution in [0.5, 0.6) is 11.5 Å². The Balaban J connectivity index is 2.31. The molecule has 8 heteroatoms. The monoisotopic (exact) mass is 357 g/mol. The van der Waals surface area contributed by atoms with Crippen molar-refractivity contribution >= 4 is 0 Å². The SMILES string of the molecule is COc1cc(C#N)ccc1COc1ccc(C(F)F)cc1C(F)(F)F. The van der Waals surface area contributed by atoms with Gasteiger partial charge < -0.3 is 9.47 Å². The van der Waals surface area contributed by atoms with Gasteiger partial charge in [0.2, 0.25) is 0 Å². The van der Waals surface area contributed by atoms with Gasteiger partial charge in [-0.2, -0.15) is 18.4 Å². The highest BCUT2D eigenvalue weighted by Crippen LogP contribution is 2.39. The number of nitrogens with zero attached hydrogens (tertiary/aromatic N) is 1. The molecule has 0 saturated carbocycles. The van der Waals surface area contributed by atoms with Gasteiger partial charge in [-0.3, -0.25) is 0 Å². The summed E-state index contributed by atoms with van der Waals surface area (Å²) in [7, 11) is 1.35. The lowest BCUT2D eigenvalue weighted by molar-refractivity contribution is -0.139. The average molecular weight is 357 g/mol. The van der Waals surface area contributed by atoms with Crippen molar-refractivity contribution in [2.75, 3.05) is 7.11 Å². The van der Waals surface area contributed by atoms with E-state index in [1.807, 2.05) is 6.07 Å². The van der Waals surface area contributed by atoms with E-state index in [2.05, 4.69) is 0 Å². The van der Waals surface area contributed by atoms with Crippen LogP contribution in [0.4, 0.5) is 22.0 Å². The highest BCUT2D eigenvalue weighted by molar-refractivity contribution is 5.43. The molecule has 0 N–H and O–H groups in total. The Labute approximate surface area is 140 Å². The molecule has 0 amide bonds. The lowest BCUT2D eigenvalue weighted by atomic mass is 10.1. The molecule has 0 aliphatic rings. The molecule has 2 rings (SSSR count). The summed E-state index contributed by atoms with van der Waals surface area (Å²) in [5.74, 6) is -0.292. The van der Waals surface area contributed by atoms with E-state index in [0.717, 1.165) is 12.1 Å². The molecule has 2 aromatic carbocycles. The fourth-order valence-corrected chi connectivity index (χ4v) is 2.12. The standard InChI is InChI=1S/C17H12F5NO2/c1-24-15-6-10(8-23)2-3-12(15)9-25-14-5-4-11(16(18)19)7-13(14)17(20,21)22/h2-7,16H,9H2,1H3. The highest BCUT2D eigenvalue weighted by atomic mass is 19.4. The minimum absolute atomic E-state index is 0.275. The lowest BCUT2D eigenvalue weighted by Crippen LogP contribution is -2.10. The molecule has 0 unspecified atom stereocenters. The molecule has 2 aromatic rings. The molecule has 0 atom stereocenters. The maximum Gasteiger partial charge on any atom is 0.419 e. The van der Waals surface area contributed by atoms with Crippen molar-refractivity contribution < 1.29 is 31.4 Å². The van der Waals surface area contributed by atoms with Crippen molar-refractivity contribution in [1.29, 1.82) is 5.26 Å². The number of nitriles is 1. The minimum Gasteiger partial charge on any atom is -0.496 e. The van der Waals surface area contributed by atoms with E-state index in [1.165, 1.54) is 25.3 Å². The zero-order chi connectivity index (χ0) is 18.6. The third-order valence-corrected chi connectivity index (χ3v) is 3.36. The molecule has 0 bridgehead atoms. The number of halogens is 5. The number of rotatable bonds is 5. The van der Waals surface area contributed by atoms with Crippen LogP contribution in [0.1, 0.15) is 28.7 Å². The number of hydrogen-bond acceptors (Lipinski definition) is 3. The predicted octanol–water partition coefficient (Wildman–Crippen LogP) is 5.10. The van der Waals surface area contributed by atoms with Crippen molar-refractivity contribution in [1.82, 2.24) is 0 Å². The molecule has 0 aromatic heterocycles. The molecule has 0 radical (unpaired) electrons. The summed E-state index contributed by atoms with van der Waals surface area (Å²) in [6.07, 6.45) is -7.86. The first-order valence-electron chi connectivity index (χ1n) is 6.95. The van der Waals surface area contributed by atoms with Crippen LogP contribution in [-0.4, -0.2) is 7.11 Å². The van der Waals surface area contributed by atoms with Crippen LogP contribution >= 0.6 is 0 Å². The molecule has 0 heterocycles. The van der Waals surface area contributed by atoms with Crippen LogP contribution in [0.15, 0.2) is 36.4 Å². The van der Waals surface area contributed by atoms with Gasteiger partial charge in [0.1, 0.15) is 18.1 Å². The van der Waals surface area contributed by atoms with Crippen molar-refractivity contribution in [2.24, 2.45) is 0 Å². The Bertz CT molecular complexity index is 797. The van der Waals surface area contributed by atoms with Crippen molar-refractivity contribution in [2.45, 2.75) is 19.2 Å². The number of methoxy groups -OCH3 is 1. The third kappa shape index (κ3) is 4.38. The maximum absolute atomic E-state index is 13.1. The highest BCUT2D eigenvalue weighted by Gasteiger charge is 2.35. The summed E-state index contributed by atoms with van der Waals surface area (Å²) >= 11 is 0. The Kier molecular flexibility index (Phi) is 5.47. The molecule has 0 aliphatic carbocycles. The molecule has 3 nitrogen and oxygen atoms in total. The lowest BCUT2D eigenvalue weighted by Gasteiger charge is -2.16. The molecule has 132 valence electrons. The van der Waals surface area contributed by atoms with Crippen LogP contribution < -0.4 is 9.47 Å². The van der Waals surface area contributed by atoms with Gasteiger partial charge in [-0.25, -0.2) is 8.78 Å². The molecular weight excluding hydrogens is 345 g/mol. The van der Waals surface area contributed by atoms with Crippen LogP contribution in [0, 0.1) is 11.3 Å². The van der Waals surface area contributed by atoms with Gasteiger partial charge in [0.05, 0.1) is 24.3 Å². The summed E-state index contributed by atoms with van der Waals surface area (Å²) in [5, 5.41) is 8.83. The van der Waals surface area contributed by atoms with Crippen LogP contribution in [0.25, 0.3) is 0 Å². The van der Waals surface area contributed by atoms with E-state index in [1.54, 1.807) is 0 Å². The summed E-state index contributed by atoms with van der Waals surface area (Å²) in [5.41, 5.74) is -1.29. The first kappa shape index (κ1) is 18.5. The van der Waals surface area contributed by atoms with Gasteiger partial charge in [-0.15, -0.1) is 0 Å². The summed E-state index contributed by atoms with van der Waals surface area (Å²) < 4.78 is 74.7. The van der Waals surface area contributed by atoms with Gasteiger partial charge in [0, 0.05) is 11.1 Å². The normalized spacial score (nSPS) is 11.3. The Morgan fingerprint density at radius 1 is 1.08 bits per heavy atom. The van der Waals surface area contributed by atoms with Gasteiger partial charge in [0.25, 0.3) is 6.43 Å². The van der Waals surface area contributed by atoms with E-state index in [-0.39, 0.29) is 12.4 Å². The molecule has 0 aliphatic heterocycles. The second-order valence-corrected chi connectivity index (χ2v) is 4.98. The smallest absolute Gasteiger partial charge is 0.419 e. The summed E-state index contributed by atoms with van der Waals surface area (Å²) in [6.45, 7) is -0.286. The van der Waals surface area contributed by atoms with E-state index >= 15 is 0 Å². The van der Waals surface area contributed by atoms with Gasteiger partial charge in [-0.05, 0) is 30.3 Å². The summed E-state index contributed by atoms with van der Waals surface area (Å²) in [6, 6.07) is 8.39. The van der Waals surface area contributed by atoms with E-state index in [9.17, 15) is 22.0 Å². The first-order valence-corrected chi connectivity index (χ1v) is 6.95. The van der Waals surface area contributed by atoms with Crippen LogP contribution in [0.3, 0.4) is 0 Å². The van der Waals surface area contributed by atoms with Gasteiger partial charge >= 0.3 is 6.18 Å². The number of ether oxygens (including phenoxy) is 2. The van der Waals surface area contributed by atoms with Gasteiger partial charge in [-0.1, -0.05) is 6.07 Å². The third-order valence-electron chi connectivity index (χ3n) is 3.36. The average Bonchev–Trinajstić information content (AvgIpc) is 2.58. The fraction of sp³-hybridized carbons (Fsp3) is 0.235. The van der Waals surface area contributed by atoms with Crippen molar-refractivity contribution in [3.05, 3.63) is 58.7 Å². The van der Waals surface area contributed by atoms with E-state index in [0.29, 0.717) is 17.2 Å². The zero-order valence-corrected chi connectivity index (χ0v) is 12.9. The summed E-state index contributed by atoms with van der Waals surface area (Å²) in [4.78, 5) is 0. The molecule has 0 spiro atoms. The number of benzene rings is 2. The van der Waals surface area contributed by atoms with Crippen molar-refractivity contribution in [3.63, 3.8) is 0 Å². The van der Waals surface area contributed by atoms with Crippen molar-refractivity contribution in [3.8, 4) is 17.6 Å². The quantitative estimate of drug-likeness (QED) is 0.699. The molecular formula is C17H12F5NO2. The Morgan fingerprint density at radius 2 is 1.80 bits per heavy atom. The maximum atomic E-state index is 13.1.